The highest BCUT2D eigenvalue weighted by Gasteiger charge is 2.08. The first-order chi connectivity index (χ1) is 7.58. The van der Waals surface area contributed by atoms with Crippen molar-refractivity contribution in [2.75, 3.05) is 11.9 Å². The smallest absolute Gasteiger partial charge is 0.129 e. The van der Waals surface area contributed by atoms with Crippen molar-refractivity contribution in [2.45, 2.75) is 46.2 Å². The largest absolute Gasteiger partial charge is 0.357 e. The third kappa shape index (κ3) is 3.20. The van der Waals surface area contributed by atoms with Crippen molar-refractivity contribution in [3.63, 3.8) is 0 Å². The molecule has 0 radical (unpaired) electrons. The van der Waals surface area contributed by atoms with Gasteiger partial charge in [-0.25, -0.2) is 4.98 Å². The van der Waals surface area contributed by atoms with Gasteiger partial charge in [-0.15, -0.1) is 0 Å². The summed E-state index contributed by atoms with van der Waals surface area (Å²) in [5, 5.41) is 0. The molecule has 0 saturated heterocycles. The first-order valence-corrected chi connectivity index (χ1v) is 6.01. The Morgan fingerprint density at radius 1 is 1.38 bits per heavy atom. The second-order valence-electron chi connectivity index (χ2n) is 4.48. The molecule has 0 aliphatic heterocycles. The van der Waals surface area contributed by atoms with Crippen molar-refractivity contribution in [1.29, 1.82) is 0 Å². The number of hydrogen-bond acceptors (Lipinski definition) is 3. The molecular formula is C13H23N3. The molecule has 0 amide bonds. The molecule has 0 aliphatic rings. The predicted octanol–water partition coefficient (Wildman–Crippen LogP) is 2.34. The summed E-state index contributed by atoms with van der Waals surface area (Å²) in [7, 11) is 2.07. The number of aryl methyl sites for hydroxylation is 1. The maximum atomic E-state index is 5.71. The third-order valence-corrected chi connectivity index (χ3v) is 2.80. The van der Waals surface area contributed by atoms with Crippen molar-refractivity contribution >= 4 is 5.82 Å². The van der Waals surface area contributed by atoms with Gasteiger partial charge in [-0.2, -0.15) is 0 Å². The monoisotopic (exact) mass is 221 g/mol. The van der Waals surface area contributed by atoms with Gasteiger partial charge in [-0.3, -0.25) is 0 Å². The molecule has 90 valence electrons. The number of nitrogens with zero attached hydrogens (tertiary/aromatic N) is 2. The van der Waals surface area contributed by atoms with Crippen molar-refractivity contribution < 1.29 is 0 Å². The Balaban J connectivity index is 3.03. The van der Waals surface area contributed by atoms with Crippen LogP contribution in [0.2, 0.25) is 0 Å². The van der Waals surface area contributed by atoms with Crippen molar-refractivity contribution in [3.8, 4) is 0 Å². The lowest BCUT2D eigenvalue weighted by Crippen LogP contribution is -2.27. The summed E-state index contributed by atoms with van der Waals surface area (Å²) in [6.45, 7) is 7.08. The molecule has 3 heteroatoms. The van der Waals surface area contributed by atoms with E-state index in [9.17, 15) is 0 Å². The molecule has 0 spiro atoms. The summed E-state index contributed by atoms with van der Waals surface area (Å²) in [6.07, 6.45) is 2.14. The van der Waals surface area contributed by atoms with Crippen LogP contribution in [-0.2, 0) is 13.0 Å². The van der Waals surface area contributed by atoms with Gasteiger partial charge < -0.3 is 10.6 Å². The fourth-order valence-corrected chi connectivity index (χ4v) is 1.58. The number of aromatic nitrogens is 1. The lowest BCUT2D eigenvalue weighted by molar-refractivity contribution is 0.736. The second kappa shape index (κ2) is 5.85. The van der Waals surface area contributed by atoms with Crippen LogP contribution in [0.15, 0.2) is 12.1 Å². The summed E-state index contributed by atoms with van der Waals surface area (Å²) in [5.41, 5.74) is 8.03. The number of rotatable bonds is 5. The highest BCUT2D eigenvalue weighted by molar-refractivity contribution is 5.42. The minimum atomic E-state index is 0.454. The van der Waals surface area contributed by atoms with E-state index in [0.29, 0.717) is 12.6 Å². The number of anilines is 1. The fraction of sp³-hybridized carbons (Fsp3) is 0.615. The molecule has 0 aromatic carbocycles. The van der Waals surface area contributed by atoms with Crippen molar-refractivity contribution in [1.82, 2.24) is 4.98 Å². The Morgan fingerprint density at radius 3 is 2.56 bits per heavy atom. The predicted molar refractivity (Wildman–Crippen MR) is 69.7 cm³/mol. The maximum absolute atomic E-state index is 5.71. The van der Waals surface area contributed by atoms with Crippen LogP contribution >= 0.6 is 0 Å². The average Bonchev–Trinajstić information content (AvgIpc) is 2.27. The van der Waals surface area contributed by atoms with E-state index in [1.54, 1.807) is 0 Å². The van der Waals surface area contributed by atoms with E-state index in [-0.39, 0.29) is 0 Å². The second-order valence-corrected chi connectivity index (χ2v) is 4.48. The highest BCUT2D eigenvalue weighted by atomic mass is 15.2. The van der Waals surface area contributed by atoms with Crippen LogP contribution in [0.3, 0.4) is 0 Å². The first kappa shape index (κ1) is 13.0. The van der Waals surface area contributed by atoms with Crippen molar-refractivity contribution in [3.05, 3.63) is 23.4 Å². The molecule has 0 atom stereocenters. The zero-order valence-corrected chi connectivity index (χ0v) is 10.8. The summed E-state index contributed by atoms with van der Waals surface area (Å²) < 4.78 is 0. The molecule has 0 saturated carbocycles. The Hall–Kier alpha value is -1.09. The van der Waals surface area contributed by atoms with Crippen LogP contribution in [0.1, 0.15) is 38.4 Å². The topological polar surface area (TPSA) is 42.1 Å². The normalized spacial score (nSPS) is 10.9. The van der Waals surface area contributed by atoms with Crippen LogP contribution in [0.5, 0.6) is 0 Å². The van der Waals surface area contributed by atoms with E-state index in [1.807, 2.05) is 0 Å². The van der Waals surface area contributed by atoms with Crippen LogP contribution < -0.4 is 10.6 Å². The van der Waals surface area contributed by atoms with Gasteiger partial charge >= 0.3 is 0 Å². The van der Waals surface area contributed by atoms with Gasteiger partial charge in [0.1, 0.15) is 5.82 Å². The summed E-state index contributed by atoms with van der Waals surface area (Å²) >= 11 is 0. The van der Waals surface area contributed by atoms with Crippen LogP contribution in [-0.4, -0.2) is 18.1 Å². The Bertz CT molecular complexity index is 334. The summed E-state index contributed by atoms with van der Waals surface area (Å²) in [6, 6.07) is 4.65. The molecule has 0 fully saturated rings. The minimum absolute atomic E-state index is 0.454. The van der Waals surface area contributed by atoms with Gasteiger partial charge in [0, 0.05) is 25.3 Å². The third-order valence-electron chi connectivity index (χ3n) is 2.80. The van der Waals surface area contributed by atoms with Crippen LogP contribution in [0, 0.1) is 0 Å². The molecule has 0 unspecified atom stereocenters. The number of nitrogens with two attached hydrogens (primary N) is 1. The molecule has 1 aromatic heterocycles. The molecule has 16 heavy (non-hydrogen) atoms. The Morgan fingerprint density at radius 2 is 2.06 bits per heavy atom. The molecule has 1 rings (SSSR count). The quantitative estimate of drug-likeness (QED) is 0.830. The van der Waals surface area contributed by atoms with E-state index >= 15 is 0 Å². The highest BCUT2D eigenvalue weighted by Crippen LogP contribution is 2.16. The van der Waals surface area contributed by atoms with Gasteiger partial charge in [-0.1, -0.05) is 13.3 Å². The maximum Gasteiger partial charge on any atom is 0.129 e. The van der Waals surface area contributed by atoms with Gasteiger partial charge in [0.2, 0.25) is 0 Å². The molecule has 3 nitrogen and oxygen atoms in total. The van der Waals surface area contributed by atoms with Gasteiger partial charge in [0.05, 0.1) is 0 Å². The number of pyridine rings is 1. The minimum Gasteiger partial charge on any atom is -0.357 e. The average molecular weight is 221 g/mol. The standard InChI is InChI=1S/C13H23N3/c1-5-6-12-7-11(9-14)8-13(15-12)16(4)10(2)3/h7-8,10H,5-6,9,14H2,1-4H3. The molecule has 1 aromatic rings. The van der Waals surface area contributed by atoms with E-state index < -0.39 is 0 Å². The lowest BCUT2D eigenvalue weighted by Gasteiger charge is -2.23. The Kier molecular flexibility index (Phi) is 4.74. The van der Waals surface area contributed by atoms with Crippen molar-refractivity contribution in [2.24, 2.45) is 5.73 Å². The lowest BCUT2D eigenvalue weighted by atomic mass is 10.1. The van der Waals surface area contributed by atoms with E-state index in [1.165, 1.54) is 5.56 Å². The molecule has 1 heterocycles. The van der Waals surface area contributed by atoms with Gasteiger partial charge in [0.25, 0.3) is 0 Å². The van der Waals surface area contributed by atoms with E-state index in [0.717, 1.165) is 24.4 Å². The van der Waals surface area contributed by atoms with E-state index in [2.05, 4.69) is 49.8 Å². The molecule has 2 N–H and O–H groups in total. The van der Waals surface area contributed by atoms with E-state index in [4.69, 9.17) is 5.73 Å². The summed E-state index contributed by atoms with van der Waals surface area (Å²) in [5.74, 6) is 1.03. The van der Waals surface area contributed by atoms with Crippen LogP contribution in [0.25, 0.3) is 0 Å². The number of hydrogen-bond donors (Lipinski definition) is 1. The fourth-order valence-electron chi connectivity index (χ4n) is 1.58. The Labute approximate surface area is 98.7 Å². The van der Waals surface area contributed by atoms with Gasteiger partial charge in [0.15, 0.2) is 0 Å². The zero-order valence-electron chi connectivity index (χ0n) is 10.8. The van der Waals surface area contributed by atoms with Gasteiger partial charge in [-0.05, 0) is 38.0 Å². The molecule has 0 bridgehead atoms. The molecule has 0 aliphatic carbocycles. The zero-order chi connectivity index (χ0) is 12.1. The molecular weight excluding hydrogens is 198 g/mol. The first-order valence-electron chi connectivity index (χ1n) is 6.01. The van der Waals surface area contributed by atoms with Crippen LogP contribution in [0.4, 0.5) is 5.82 Å². The summed E-state index contributed by atoms with van der Waals surface area (Å²) in [4.78, 5) is 6.84. The SMILES string of the molecule is CCCc1cc(CN)cc(N(C)C(C)C)n1.